The summed E-state index contributed by atoms with van der Waals surface area (Å²) in [7, 11) is 1.28. The summed E-state index contributed by atoms with van der Waals surface area (Å²) >= 11 is 0. The lowest BCUT2D eigenvalue weighted by Crippen LogP contribution is -2.35. The highest BCUT2D eigenvalue weighted by atomic mass is 16.6. The van der Waals surface area contributed by atoms with E-state index >= 15 is 0 Å². The van der Waals surface area contributed by atoms with Crippen molar-refractivity contribution in [2.45, 2.75) is 32.1 Å². The fourth-order valence-corrected chi connectivity index (χ4v) is 3.66. The third-order valence-electron chi connectivity index (χ3n) is 5.43. The topological polar surface area (TPSA) is 128 Å². The highest BCUT2D eigenvalue weighted by Gasteiger charge is 2.24. The number of methoxy groups -OCH3 is 1. The van der Waals surface area contributed by atoms with Gasteiger partial charge in [0.05, 0.1) is 17.6 Å². The number of rotatable bonds is 7. The second-order valence-corrected chi connectivity index (χ2v) is 7.76. The maximum absolute atomic E-state index is 13.0. The number of hydrogen-bond acceptors (Lipinski definition) is 6. The van der Waals surface area contributed by atoms with E-state index in [1.807, 2.05) is 0 Å². The lowest BCUT2D eigenvalue weighted by atomic mass is 9.88. The molecular formula is C24H25N3O6. The molecule has 0 saturated heterocycles. The number of hydrogen-bond donors (Lipinski definition) is 2. The minimum absolute atomic E-state index is 0.0249. The highest BCUT2D eigenvalue weighted by Crippen LogP contribution is 2.24. The maximum Gasteiger partial charge on any atom is 0.337 e. The number of ether oxygens (including phenoxy) is 1. The number of anilines is 1. The van der Waals surface area contributed by atoms with Gasteiger partial charge in [-0.25, -0.2) is 4.79 Å². The van der Waals surface area contributed by atoms with Crippen LogP contribution in [-0.2, 0) is 14.3 Å². The summed E-state index contributed by atoms with van der Waals surface area (Å²) in [5.74, 6) is -1.52. The number of nitro groups is 1. The van der Waals surface area contributed by atoms with E-state index in [1.165, 1.54) is 55.7 Å². The van der Waals surface area contributed by atoms with Gasteiger partial charge in [0, 0.05) is 23.7 Å². The van der Waals surface area contributed by atoms with Crippen LogP contribution in [0.5, 0.6) is 0 Å². The highest BCUT2D eigenvalue weighted by molar-refractivity contribution is 6.09. The Bertz CT molecular complexity index is 1070. The van der Waals surface area contributed by atoms with E-state index in [0.29, 0.717) is 16.8 Å². The van der Waals surface area contributed by atoms with Crippen LogP contribution in [0, 0.1) is 16.0 Å². The van der Waals surface area contributed by atoms with Crippen molar-refractivity contribution in [3.05, 3.63) is 75.5 Å². The van der Waals surface area contributed by atoms with Crippen LogP contribution in [0.3, 0.4) is 0 Å². The quantitative estimate of drug-likeness (QED) is 0.283. The molecule has 1 aliphatic rings. The summed E-state index contributed by atoms with van der Waals surface area (Å²) in [6.45, 7) is 0. The average Bonchev–Trinajstić information content (AvgIpc) is 2.84. The predicted molar refractivity (Wildman–Crippen MR) is 122 cm³/mol. The molecule has 1 saturated carbocycles. The summed E-state index contributed by atoms with van der Waals surface area (Å²) in [6.07, 6.45) is 5.93. The summed E-state index contributed by atoms with van der Waals surface area (Å²) < 4.78 is 4.66. The number of carbonyl (C=O) groups is 3. The number of amides is 2. The first-order valence-electron chi connectivity index (χ1n) is 10.6. The SMILES string of the molecule is COC(=O)c1ccc(NC(=O)C(=Cc2cccc([N+](=O)[O-])c2)NC(=O)C2CCCCC2)cc1. The average molecular weight is 451 g/mol. The molecule has 0 atom stereocenters. The second kappa shape index (κ2) is 11.0. The molecule has 0 aromatic heterocycles. The van der Waals surface area contributed by atoms with Gasteiger partial charge in [0.1, 0.15) is 5.70 Å². The largest absolute Gasteiger partial charge is 0.465 e. The van der Waals surface area contributed by atoms with Crippen LogP contribution < -0.4 is 10.6 Å². The van der Waals surface area contributed by atoms with Gasteiger partial charge in [-0.1, -0.05) is 31.4 Å². The summed E-state index contributed by atoms with van der Waals surface area (Å²) in [5, 5.41) is 16.5. The van der Waals surface area contributed by atoms with Crippen molar-refractivity contribution in [2.75, 3.05) is 12.4 Å². The van der Waals surface area contributed by atoms with E-state index in [1.54, 1.807) is 6.07 Å². The zero-order valence-corrected chi connectivity index (χ0v) is 18.2. The smallest absolute Gasteiger partial charge is 0.337 e. The molecule has 0 heterocycles. The van der Waals surface area contributed by atoms with E-state index in [-0.39, 0.29) is 23.2 Å². The fourth-order valence-electron chi connectivity index (χ4n) is 3.66. The lowest BCUT2D eigenvalue weighted by Gasteiger charge is -2.21. The number of benzene rings is 2. The first kappa shape index (κ1) is 23.6. The van der Waals surface area contributed by atoms with Crippen LogP contribution in [-0.4, -0.2) is 29.8 Å². The van der Waals surface area contributed by atoms with Crippen molar-refractivity contribution in [3.63, 3.8) is 0 Å². The van der Waals surface area contributed by atoms with Crippen LogP contribution in [0.15, 0.2) is 54.2 Å². The molecule has 2 N–H and O–H groups in total. The molecule has 9 heteroatoms. The monoisotopic (exact) mass is 451 g/mol. The number of esters is 1. The molecule has 172 valence electrons. The molecule has 2 aromatic carbocycles. The van der Waals surface area contributed by atoms with Crippen molar-refractivity contribution in [3.8, 4) is 0 Å². The molecular weight excluding hydrogens is 426 g/mol. The Morgan fingerprint density at radius 1 is 1.06 bits per heavy atom. The van der Waals surface area contributed by atoms with Gasteiger partial charge in [0.2, 0.25) is 5.91 Å². The zero-order valence-electron chi connectivity index (χ0n) is 18.2. The third-order valence-corrected chi connectivity index (χ3v) is 5.43. The summed E-state index contributed by atoms with van der Waals surface area (Å²) in [4.78, 5) is 48.0. The number of nitro benzene ring substituents is 1. The Labute approximate surface area is 191 Å². The molecule has 0 spiro atoms. The minimum Gasteiger partial charge on any atom is -0.465 e. The van der Waals surface area contributed by atoms with Crippen molar-refractivity contribution in [2.24, 2.45) is 5.92 Å². The van der Waals surface area contributed by atoms with Crippen LogP contribution in [0.2, 0.25) is 0 Å². The molecule has 0 unspecified atom stereocenters. The standard InChI is InChI=1S/C24H25N3O6/c1-33-24(30)18-10-12-19(13-11-18)25-23(29)21(26-22(28)17-7-3-2-4-8-17)15-16-6-5-9-20(14-16)27(31)32/h5-6,9-15,17H,2-4,7-8H2,1H3,(H,25,29)(H,26,28). The van der Waals surface area contributed by atoms with Crippen molar-refractivity contribution in [1.29, 1.82) is 0 Å². The molecule has 33 heavy (non-hydrogen) atoms. The van der Waals surface area contributed by atoms with E-state index in [2.05, 4.69) is 15.4 Å². The van der Waals surface area contributed by atoms with Crippen LogP contribution in [0.1, 0.15) is 48.0 Å². The van der Waals surface area contributed by atoms with Gasteiger partial charge in [-0.3, -0.25) is 19.7 Å². The first-order valence-corrected chi connectivity index (χ1v) is 10.6. The molecule has 9 nitrogen and oxygen atoms in total. The van der Waals surface area contributed by atoms with Gasteiger partial charge >= 0.3 is 5.97 Å². The number of nitrogens with zero attached hydrogens (tertiary/aromatic N) is 1. The van der Waals surface area contributed by atoms with Gasteiger partial charge in [0.15, 0.2) is 0 Å². The Morgan fingerprint density at radius 2 is 1.76 bits per heavy atom. The molecule has 1 aliphatic carbocycles. The van der Waals surface area contributed by atoms with Crippen molar-refractivity contribution >= 4 is 35.2 Å². The number of non-ortho nitro benzene ring substituents is 1. The van der Waals surface area contributed by atoms with Gasteiger partial charge in [0.25, 0.3) is 11.6 Å². The minimum atomic E-state index is -0.587. The number of nitrogens with one attached hydrogen (secondary N) is 2. The fraction of sp³-hybridized carbons (Fsp3) is 0.292. The van der Waals surface area contributed by atoms with Gasteiger partial charge in [-0.15, -0.1) is 0 Å². The molecule has 2 aromatic rings. The normalized spacial score (nSPS) is 14.3. The van der Waals surface area contributed by atoms with Crippen LogP contribution in [0.4, 0.5) is 11.4 Å². The molecule has 3 rings (SSSR count). The molecule has 2 amide bonds. The maximum atomic E-state index is 13.0. The van der Waals surface area contributed by atoms with E-state index < -0.39 is 16.8 Å². The Morgan fingerprint density at radius 3 is 2.39 bits per heavy atom. The van der Waals surface area contributed by atoms with Crippen molar-refractivity contribution < 1.29 is 24.0 Å². The Balaban J connectivity index is 1.84. The van der Waals surface area contributed by atoms with E-state index in [4.69, 9.17) is 0 Å². The molecule has 0 radical (unpaired) electrons. The van der Waals surface area contributed by atoms with Gasteiger partial charge < -0.3 is 15.4 Å². The predicted octanol–water partition coefficient (Wildman–Crippen LogP) is 4.06. The lowest BCUT2D eigenvalue weighted by molar-refractivity contribution is -0.384. The van der Waals surface area contributed by atoms with E-state index in [0.717, 1.165) is 32.1 Å². The molecule has 1 fully saturated rings. The van der Waals surface area contributed by atoms with E-state index in [9.17, 15) is 24.5 Å². The number of carbonyl (C=O) groups excluding carboxylic acids is 3. The Hall–Kier alpha value is -4.01. The van der Waals surface area contributed by atoms with Crippen LogP contribution >= 0.6 is 0 Å². The van der Waals surface area contributed by atoms with Crippen LogP contribution in [0.25, 0.3) is 6.08 Å². The Kier molecular flexibility index (Phi) is 7.91. The zero-order chi connectivity index (χ0) is 23.8. The summed E-state index contributed by atoms with van der Waals surface area (Å²) in [5.41, 5.74) is 0.987. The van der Waals surface area contributed by atoms with Gasteiger partial charge in [-0.05, 0) is 48.7 Å². The first-order chi connectivity index (χ1) is 15.9. The molecule has 0 bridgehead atoms. The van der Waals surface area contributed by atoms with Crippen molar-refractivity contribution in [1.82, 2.24) is 5.32 Å². The van der Waals surface area contributed by atoms with Gasteiger partial charge in [-0.2, -0.15) is 0 Å². The third kappa shape index (κ3) is 6.49. The summed E-state index contributed by atoms with van der Waals surface area (Å²) in [6, 6.07) is 11.9. The second-order valence-electron chi connectivity index (χ2n) is 7.76. The molecule has 0 aliphatic heterocycles.